The molecular weight excluding hydrogens is 416 g/mol. The molecule has 2 aliphatic heterocycles. The molecule has 0 radical (unpaired) electrons. The van der Waals surface area contributed by atoms with Crippen molar-refractivity contribution in [2.75, 3.05) is 19.7 Å². The maximum Gasteiger partial charge on any atom is 0.275 e. The van der Waals surface area contributed by atoms with E-state index in [0.29, 0.717) is 48.6 Å². The van der Waals surface area contributed by atoms with Crippen LogP contribution < -0.4 is 10.3 Å². The second-order valence-electron chi connectivity index (χ2n) is 8.72. The number of hydrogen-bond donors (Lipinski definition) is 0. The van der Waals surface area contributed by atoms with E-state index < -0.39 is 0 Å². The highest BCUT2D eigenvalue weighted by molar-refractivity contribution is 6.30. The van der Waals surface area contributed by atoms with E-state index in [-0.39, 0.29) is 16.9 Å². The lowest BCUT2D eigenvalue weighted by Gasteiger charge is -2.35. The maximum atomic E-state index is 13.3. The number of benzene rings is 1. The molecule has 0 bridgehead atoms. The minimum Gasteiger partial charge on any atom is -0.493 e. The third-order valence-corrected chi connectivity index (χ3v) is 7.10. The van der Waals surface area contributed by atoms with Crippen LogP contribution in [0.4, 0.5) is 0 Å². The Morgan fingerprint density at radius 3 is 2.90 bits per heavy atom. The summed E-state index contributed by atoms with van der Waals surface area (Å²) in [6.45, 7) is 4.13. The first-order valence-corrected chi connectivity index (χ1v) is 10.8. The molecule has 2 unspecified atom stereocenters. The first-order chi connectivity index (χ1) is 15.0. The van der Waals surface area contributed by atoms with Crippen LogP contribution in [0.1, 0.15) is 28.2 Å². The molecule has 3 aliphatic rings. The van der Waals surface area contributed by atoms with Gasteiger partial charge < -0.3 is 18.8 Å². The topological polar surface area (TPSA) is 69.4 Å². The van der Waals surface area contributed by atoms with Crippen LogP contribution in [0.15, 0.2) is 47.7 Å². The highest BCUT2D eigenvalue weighted by Crippen LogP contribution is 2.60. The first-order valence-electron chi connectivity index (χ1n) is 10.4. The van der Waals surface area contributed by atoms with Crippen molar-refractivity contribution >= 4 is 17.5 Å². The van der Waals surface area contributed by atoms with Gasteiger partial charge in [0.05, 0.1) is 18.6 Å². The van der Waals surface area contributed by atoms with Gasteiger partial charge in [-0.3, -0.25) is 9.59 Å². The predicted molar refractivity (Wildman–Crippen MR) is 115 cm³/mol. The van der Waals surface area contributed by atoms with Gasteiger partial charge in [0.1, 0.15) is 17.1 Å². The Morgan fingerprint density at radius 1 is 1.23 bits per heavy atom. The summed E-state index contributed by atoms with van der Waals surface area (Å²) >= 11 is 6.26. The van der Waals surface area contributed by atoms with Crippen LogP contribution in [0.25, 0.3) is 5.69 Å². The molecule has 1 fully saturated rings. The lowest BCUT2D eigenvalue weighted by atomic mass is 9.90. The molecule has 3 aromatic rings. The van der Waals surface area contributed by atoms with Gasteiger partial charge in [0.2, 0.25) is 0 Å². The summed E-state index contributed by atoms with van der Waals surface area (Å²) in [7, 11) is 0. The number of aryl methyl sites for hydroxylation is 1. The minimum absolute atomic E-state index is 0.105. The van der Waals surface area contributed by atoms with Crippen LogP contribution in [0.2, 0.25) is 5.02 Å². The number of halogens is 1. The van der Waals surface area contributed by atoms with Crippen molar-refractivity contribution < 1.29 is 9.53 Å². The Balaban J connectivity index is 1.32. The summed E-state index contributed by atoms with van der Waals surface area (Å²) in [5.74, 6) is 1.15. The third-order valence-electron chi connectivity index (χ3n) is 6.87. The smallest absolute Gasteiger partial charge is 0.275 e. The van der Waals surface area contributed by atoms with Crippen LogP contribution in [-0.2, 0) is 12.0 Å². The maximum absolute atomic E-state index is 13.3. The van der Waals surface area contributed by atoms with Crippen molar-refractivity contribution in [3.05, 3.63) is 75.2 Å². The van der Waals surface area contributed by atoms with Crippen molar-refractivity contribution in [3.8, 4) is 11.4 Å². The third kappa shape index (κ3) is 2.76. The molecule has 1 amide bonds. The molecular formula is C23H21ClN4O3. The Labute approximate surface area is 183 Å². The number of carbonyl (C=O) groups excluding carboxylic acids is 1. The summed E-state index contributed by atoms with van der Waals surface area (Å²) in [6, 6.07) is 9.18. The SMILES string of the molecule is Cc1cn(-c2ccc3n(c2=O)CCN(CC24CC2COc2ccc(Cl)cc24)C3=O)cn1. The largest absolute Gasteiger partial charge is 0.493 e. The molecule has 0 N–H and O–H groups in total. The van der Waals surface area contributed by atoms with E-state index in [4.69, 9.17) is 16.3 Å². The van der Waals surface area contributed by atoms with Gasteiger partial charge >= 0.3 is 0 Å². The van der Waals surface area contributed by atoms with Crippen LogP contribution in [0, 0.1) is 12.8 Å². The van der Waals surface area contributed by atoms with Crippen LogP contribution in [0.3, 0.4) is 0 Å². The summed E-state index contributed by atoms with van der Waals surface area (Å²) in [4.78, 5) is 32.5. The van der Waals surface area contributed by atoms with E-state index >= 15 is 0 Å². The molecule has 8 heteroatoms. The van der Waals surface area contributed by atoms with Crippen LogP contribution in [-0.4, -0.2) is 44.6 Å². The average Bonchev–Trinajstić information content (AvgIpc) is 3.33. The van der Waals surface area contributed by atoms with E-state index in [2.05, 4.69) is 4.98 Å². The molecule has 4 heterocycles. The van der Waals surface area contributed by atoms with Crippen molar-refractivity contribution in [1.82, 2.24) is 19.0 Å². The molecule has 7 nitrogen and oxygen atoms in total. The Hall–Kier alpha value is -3.06. The van der Waals surface area contributed by atoms with Gasteiger partial charge in [-0.05, 0) is 43.7 Å². The number of amides is 1. The monoisotopic (exact) mass is 436 g/mol. The van der Waals surface area contributed by atoms with Gasteiger partial charge in [-0.2, -0.15) is 0 Å². The van der Waals surface area contributed by atoms with Gasteiger partial charge in [0.15, 0.2) is 0 Å². The highest BCUT2D eigenvalue weighted by Gasteiger charge is 2.60. The summed E-state index contributed by atoms with van der Waals surface area (Å²) < 4.78 is 9.18. The average molecular weight is 437 g/mol. The van der Waals surface area contributed by atoms with Gasteiger partial charge in [0, 0.05) is 47.8 Å². The highest BCUT2D eigenvalue weighted by atomic mass is 35.5. The molecule has 2 aromatic heterocycles. The Bertz CT molecular complexity index is 1300. The number of ether oxygens (including phenoxy) is 1. The van der Waals surface area contributed by atoms with E-state index in [9.17, 15) is 9.59 Å². The molecule has 31 heavy (non-hydrogen) atoms. The summed E-state index contributed by atoms with van der Waals surface area (Å²) in [5.41, 5.74) is 2.58. The normalized spacial score (nSPS) is 23.6. The van der Waals surface area contributed by atoms with Gasteiger partial charge in [-0.25, -0.2) is 4.98 Å². The Kier molecular flexibility index (Phi) is 3.90. The second-order valence-corrected chi connectivity index (χ2v) is 9.15. The number of imidazole rings is 1. The predicted octanol–water partition coefficient (Wildman–Crippen LogP) is 2.80. The number of rotatable bonds is 3. The standard InChI is InChI=1S/C23H21ClN4O3/c1-14-10-27(13-25-14)18-3-4-19-21(29)26(6-7-28(19)22(18)30)12-23-9-15(23)11-31-20-5-2-16(24)8-17(20)23/h2-5,8,10,13,15H,6-7,9,11-12H2,1H3. The fraction of sp³-hybridized carbons (Fsp3) is 0.348. The van der Waals surface area contributed by atoms with Gasteiger partial charge in [-0.1, -0.05) is 11.6 Å². The lowest BCUT2D eigenvalue weighted by molar-refractivity contribution is 0.0670. The van der Waals surface area contributed by atoms with Crippen LogP contribution in [0.5, 0.6) is 5.75 Å². The fourth-order valence-corrected chi connectivity index (χ4v) is 5.29. The first kappa shape index (κ1) is 18.7. The fourth-order valence-electron chi connectivity index (χ4n) is 5.12. The molecule has 6 rings (SSSR count). The number of hydrogen-bond acceptors (Lipinski definition) is 4. The molecule has 0 saturated heterocycles. The number of fused-ring (bicyclic) bond motifs is 4. The quantitative estimate of drug-likeness (QED) is 0.633. The molecule has 0 spiro atoms. The van der Waals surface area contributed by atoms with Gasteiger partial charge in [0.25, 0.3) is 11.5 Å². The zero-order valence-electron chi connectivity index (χ0n) is 17.0. The zero-order valence-corrected chi connectivity index (χ0v) is 17.8. The number of pyridine rings is 1. The van der Waals surface area contributed by atoms with Gasteiger partial charge in [-0.15, -0.1) is 0 Å². The Morgan fingerprint density at radius 2 is 2.10 bits per heavy atom. The van der Waals surface area contributed by atoms with Crippen molar-refractivity contribution in [1.29, 1.82) is 0 Å². The van der Waals surface area contributed by atoms with Crippen molar-refractivity contribution in [2.24, 2.45) is 5.92 Å². The molecule has 1 aromatic carbocycles. The van der Waals surface area contributed by atoms with Crippen LogP contribution >= 0.6 is 11.6 Å². The summed E-state index contributed by atoms with van der Waals surface area (Å²) in [6.07, 6.45) is 4.41. The number of nitrogens with zero attached hydrogens (tertiary/aromatic N) is 4. The second kappa shape index (κ2) is 6.47. The van der Waals surface area contributed by atoms with E-state index in [1.54, 1.807) is 33.8 Å². The van der Waals surface area contributed by atoms with Crippen molar-refractivity contribution in [3.63, 3.8) is 0 Å². The molecule has 158 valence electrons. The minimum atomic E-state index is -0.173. The number of carbonyl (C=O) groups is 1. The lowest BCUT2D eigenvalue weighted by Crippen LogP contribution is -2.48. The molecule has 1 saturated carbocycles. The van der Waals surface area contributed by atoms with E-state index in [1.165, 1.54) is 0 Å². The molecule has 1 aliphatic carbocycles. The van der Waals surface area contributed by atoms with E-state index in [1.807, 2.05) is 30.0 Å². The molecule has 2 atom stereocenters. The van der Waals surface area contributed by atoms with E-state index in [0.717, 1.165) is 23.4 Å². The van der Waals surface area contributed by atoms with Crippen molar-refractivity contribution in [2.45, 2.75) is 25.3 Å². The summed E-state index contributed by atoms with van der Waals surface area (Å²) in [5, 5.41) is 0.679. The number of aromatic nitrogens is 3. The zero-order chi connectivity index (χ0) is 21.3.